The van der Waals surface area contributed by atoms with Crippen molar-refractivity contribution in [2.24, 2.45) is 10.2 Å². The van der Waals surface area contributed by atoms with Gasteiger partial charge in [-0.3, -0.25) is 4.40 Å². The third kappa shape index (κ3) is 2.64. The number of thiophene rings is 1. The minimum Gasteiger partial charge on any atom is -0.283 e. The minimum absolute atomic E-state index is 0.293. The summed E-state index contributed by atoms with van der Waals surface area (Å²) in [7, 11) is 0. The number of rotatable bonds is 3. The molecule has 0 saturated carbocycles. The fraction of sp³-hybridized carbons (Fsp3) is 0. The molecule has 3 aromatic heterocycles. The van der Waals surface area contributed by atoms with Gasteiger partial charge in [0.2, 0.25) is 0 Å². The van der Waals surface area contributed by atoms with E-state index < -0.39 is 0 Å². The average molecular weight is 322 g/mol. The number of azo groups is 1. The highest BCUT2D eigenvalue weighted by molar-refractivity contribution is 7.13. The van der Waals surface area contributed by atoms with Gasteiger partial charge in [-0.05, 0) is 47.8 Å². The van der Waals surface area contributed by atoms with Gasteiger partial charge in [0.25, 0.3) is 0 Å². The first-order valence-electron chi connectivity index (χ1n) is 6.99. The molecule has 6 heteroatoms. The molecule has 4 rings (SSSR count). The topological polar surface area (TPSA) is 42.0 Å². The Bertz CT molecular complexity index is 972. The van der Waals surface area contributed by atoms with Crippen molar-refractivity contribution < 1.29 is 4.39 Å². The maximum atomic E-state index is 13.0. The number of pyridine rings is 1. The van der Waals surface area contributed by atoms with E-state index >= 15 is 0 Å². The van der Waals surface area contributed by atoms with Crippen molar-refractivity contribution >= 4 is 28.5 Å². The zero-order chi connectivity index (χ0) is 15.6. The summed E-state index contributed by atoms with van der Waals surface area (Å²) in [5, 5.41) is 10.6. The van der Waals surface area contributed by atoms with Crippen molar-refractivity contribution in [1.29, 1.82) is 0 Å². The van der Waals surface area contributed by atoms with Gasteiger partial charge >= 0.3 is 0 Å². The van der Waals surface area contributed by atoms with Crippen LogP contribution in [0.15, 0.2) is 76.4 Å². The molecule has 0 radical (unpaired) electrons. The van der Waals surface area contributed by atoms with Gasteiger partial charge in [-0.15, -0.1) is 21.6 Å². The molecule has 112 valence electrons. The van der Waals surface area contributed by atoms with E-state index in [2.05, 4.69) is 15.2 Å². The van der Waals surface area contributed by atoms with Crippen LogP contribution in [0.5, 0.6) is 0 Å². The molecular formula is C17H11FN4S. The van der Waals surface area contributed by atoms with Crippen LogP contribution in [0.25, 0.3) is 16.2 Å². The van der Waals surface area contributed by atoms with E-state index in [0.717, 1.165) is 16.2 Å². The van der Waals surface area contributed by atoms with Gasteiger partial charge in [-0.1, -0.05) is 12.1 Å². The Morgan fingerprint density at radius 2 is 1.83 bits per heavy atom. The standard InChI is InChI=1S/C17H11FN4S/c18-12-6-8-13(9-7-12)20-21-17-16(14-4-3-11-23-14)19-15-5-1-2-10-22(15)17/h1-11H. The molecule has 4 aromatic rings. The van der Waals surface area contributed by atoms with Gasteiger partial charge in [0.1, 0.15) is 17.2 Å². The van der Waals surface area contributed by atoms with Gasteiger partial charge in [-0.2, -0.15) is 0 Å². The molecule has 0 saturated heterocycles. The van der Waals surface area contributed by atoms with E-state index in [1.807, 2.05) is 46.3 Å². The minimum atomic E-state index is -0.293. The van der Waals surface area contributed by atoms with Crippen LogP contribution < -0.4 is 0 Å². The quantitative estimate of drug-likeness (QED) is 0.451. The van der Waals surface area contributed by atoms with Crippen LogP contribution in [-0.2, 0) is 0 Å². The highest BCUT2D eigenvalue weighted by Gasteiger charge is 2.14. The van der Waals surface area contributed by atoms with Crippen LogP contribution in [0, 0.1) is 5.82 Å². The van der Waals surface area contributed by atoms with Crippen molar-refractivity contribution in [2.75, 3.05) is 0 Å². The lowest BCUT2D eigenvalue weighted by Crippen LogP contribution is -1.80. The molecule has 0 N–H and O–H groups in total. The van der Waals surface area contributed by atoms with Crippen LogP contribution in [0.1, 0.15) is 0 Å². The van der Waals surface area contributed by atoms with Crippen molar-refractivity contribution in [3.63, 3.8) is 0 Å². The van der Waals surface area contributed by atoms with E-state index in [9.17, 15) is 4.39 Å². The van der Waals surface area contributed by atoms with E-state index in [0.29, 0.717) is 11.5 Å². The second kappa shape index (κ2) is 5.73. The number of halogens is 1. The highest BCUT2D eigenvalue weighted by Crippen LogP contribution is 2.34. The van der Waals surface area contributed by atoms with Crippen molar-refractivity contribution in [2.45, 2.75) is 0 Å². The summed E-state index contributed by atoms with van der Waals surface area (Å²) in [6.07, 6.45) is 1.90. The molecule has 0 fully saturated rings. The first-order chi connectivity index (χ1) is 11.3. The van der Waals surface area contributed by atoms with E-state index in [4.69, 9.17) is 0 Å². The third-order valence-corrected chi connectivity index (χ3v) is 4.22. The lowest BCUT2D eigenvalue weighted by Gasteiger charge is -1.97. The molecule has 0 atom stereocenters. The summed E-state index contributed by atoms with van der Waals surface area (Å²) in [6.45, 7) is 0. The second-order valence-electron chi connectivity index (χ2n) is 4.87. The first kappa shape index (κ1) is 13.8. The maximum Gasteiger partial charge on any atom is 0.188 e. The maximum absolute atomic E-state index is 13.0. The molecule has 3 heterocycles. The Balaban J connectivity index is 1.84. The zero-order valence-corrected chi connectivity index (χ0v) is 12.7. The number of nitrogens with zero attached hydrogens (tertiary/aromatic N) is 4. The zero-order valence-electron chi connectivity index (χ0n) is 11.9. The Labute approximate surface area is 135 Å². The summed E-state index contributed by atoms with van der Waals surface area (Å²) in [4.78, 5) is 5.67. The largest absolute Gasteiger partial charge is 0.283 e. The molecule has 4 nitrogen and oxygen atoms in total. The predicted octanol–water partition coefficient (Wildman–Crippen LogP) is 5.62. The summed E-state index contributed by atoms with van der Waals surface area (Å²) in [5.41, 5.74) is 2.19. The predicted molar refractivity (Wildman–Crippen MR) is 89.1 cm³/mol. The monoisotopic (exact) mass is 322 g/mol. The molecule has 0 bridgehead atoms. The van der Waals surface area contributed by atoms with Gasteiger partial charge < -0.3 is 0 Å². The lowest BCUT2D eigenvalue weighted by molar-refractivity contribution is 0.628. The Kier molecular flexibility index (Phi) is 3.44. The molecule has 0 aliphatic rings. The van der Waals surface area contributed by atoms with Crippen LogP contribution in [0.2, 0.25) is 0 Å². The molecule has 0 amide bonds. The van der Waals surface area contributed by atoms with Crippen LogP contribution in [-0.4, -0.2) is 9.38 Å². The summed E-state index contributed by atoms with van der Waals surface area (Å²) in [6, 6.07) is 15.7. The first-order valence-corrected chi connectivity index (χ1v) is 7.87. The normalized spacial score (nSPS) is 11.5. The third-order valence-electron chi connectivity index (χ3n) is 3.35. The van der Waals surface area contributed by atoms with Crippen molar-refractivity contribution in [3.8, 4) is 10.6 Å². The van der Waals surface area contributed by atoms with Crippen molar-refractivity contribution in [3.05, 3.63) is 72.0 Å². The Morgan fingerprint density at radius 3 is 2.61 bits per heavy atom. The van der Waals surface area contributed by atoms with Gasteiger partial charge in [0, 0.05) is 6.20 Å². The van der Waals surface area contributed by atoms with E-state index in [-0.39, 0.29) is 5.82 Å². The number of hydrogen-bond donors (Lipinski definition) is 0. The van der Waals surface area contributed by atoms with Crippen LogP contribution in [0.4, 0.5) is 15.9 Å². The highest BCUT2D eigenvalue weighted by atomic mass is 32.1. The van der Waals surface area contributed by atoms with Gasteiger partial charge in [-0.25, -0.2) is 9.37 Å². The SMILES string of the molecule is Fc1ccc(N=Nc2c(-c3cccs3)nc3ccccn23)cc1. The van der Waals surface area contributed by atoms with E-state index in [1.54, 1.807) is 23.5 Å². The van der Waals surface area contributed by atoms with Crippen molar-refractivity contribution in [1.82, 2.24) is 9.38 Å². The Morgan fingerprint density at radius 1 is 0.957 bits per heavy atom. The second-order valence-corrected chi connectivity index (χ2v) is 5.81. The van der Waals surface area contributed by atoms with Crippen LogP contribution in [0.3, 0.4) is 0 Å². The Hall–Kier alpha value is -2.86. The van der Waals surface area contributed by atoms with Gasteiger partial charge in [0.15, 0.2) is 5.82 Å². The molecule has 0 aliphatic carbocycles. The number of aromatic nitrogens is 2. The number of imidazole rings is 1. The average Bonchev–Trinajstić information content (AvgIpc) is 3.22. The smallest absolute Gasteiger partial charge is 0.188 e. The van der Waals surface area contributed by atoms with E-state index in [1.165, 1.54) is 12.1 Å². The number of benzene rings is 1. The molecule has 0 spiro atoms. The summed E-state index contributed by atoms with van der Waals surface area (Å²) < 4.78 is 14.9. The van der Waals surface area contributed by atoms with Gasteiger partial charge in [0.05, 0.1) is 10.6 Å². The fourth-order valence-electron chi connectivity index (χ4n) is 2.27. The number of fused-ring (bicyclic) bond motifs is 1. The fourth-order valence-corrected chi connectivity index (χ4v) is 2.98. The molecule has 0 unspecified atom stereocenters. The van der Waals surface area contributed by atoms with Crippen LogP contribution >= 0.6 is 11.3 Å². The molecule has 1 aromatic carbocycles. The molecule has 23 heavy (non-hydrogen) atoms. The summed E-state index contributed by atoms with van der Waals surface area (Å²) >= 11 is 1.60. The molecule has 0 aliphatic heterocycles. The summed E-state index contributed by atoms with van der Waals surface area (Å²) in [5.74, 6) is 0.366. The number of hydrogen-bond acceptors (Lipinski definition) is 4. The molecular weight excluding hydrogens is 311 g/mol. The lowest BCUT2D eigenvalue weighted by atomic mass is 10.3.